The lowest BCUT2D eigenvalue weighted by molar-refractivity contribution is -0.144. The number of ether oxygens (including phenoxy) is 2. The minimum atomic E-state index is -0.920. The molecule has 18 nitrogen and oxygen atoms in total. The van der Waals surface area contributed by atoms with E-state index in [-0.39, 0.29) is 57.2 Å². The fourth-order valence-electron chi connectivity index (χ4n) is 11.0. The van der Waals surface area contributed by atoms with Gasteiger partial charge in [0.15, 0.2) is 0 Å². The third kappa shape index (κ3) is 14.4. The highest BCUT2D eigenvalue weighted by molar-refractivity contribution is 7.13. The molecule has 0 spiro atoms. The molecule has 19 heteroatoms. The first kappa shape index (κ1) is 58.4. The van der Waals surface area contributed by atoms with Gasteiger partial charge in [0.05, 0.1) is 46.6 Å². The Kier molecular flexibility index (Phi) is 18.0. The van der Waals surface area contributed by atoms with Gasteiger partial charge < -0.3 is 46.5 Å². The van der Waals surface area contributed by atoms with Crippen LogP contribution in [-0.4, -0.2) is 111 Å². The molecular weight excluding hydrogens is 1020 g/mol. The van der Waals surface area contributed by atoms with Crippen LogP contribution in [0.1, 0.15) is 133 Å². The Balaban J connectivity index is 0.822. The number of aliphatic hydroxyl groups is 1. The molecule has 4 heterocycles. The van der Waals surface area contributed by atoms with E-state index in [1.54, 1.807) is 32.1 Å². The van der Waals surface area contributed by atoms with Gasteiger partial charge in [0, 0.05) is 37.8 Å². The Morgan fingerprint density at radius 3 is 2.23 bits per heavy atom. The van der Waals surface area contributed by atoms with Crippen LogP contribution in [0.4, 0.5) is 10.5 Å². The van der Waals surface area contributed by atoms with Crippen LogP contribution in [-0.2, 0) is 70.7 Å². The Morgan fingerprint density at radius 1 is 0.899 bits per heavy atom. The monoisotopic (exact) mass is 1100 g/mol. The van der Waals surface area contributed by atoms with E-state index in [4.69, 9.17) is 15.2 Å². The lowest BCUT2D eigenvalue weighted by Crippen LogP contribution is -2.58. The number of nitrogens with zero attached hydrogens (tertiary/aromatic N) is 3. The fourth-order valence-corrected chi connectivity index (χ4v) is 11.8. The summed E-state index contributed by atoms with van der Waals surface area (Å²) in [7, 11) is 0. The molecule has 1 aliphatic carbocycles. The number of aliphatic hydroxyl groups excluding tert-OH is 1. The van der Waals surface area contributed by atoms with Crippen LogP contribution in [0.25, 0.3) is 10.4 Å². The maximum absolute atomic E-state index is 14.4. The van der Waals surface area contributed by atoms with Crippen LogP contribution in [0.15, 0.2) is 72.2 Å². The number of thiazole rings is 1. The largest absolute Gasteiger partial charge is 0.444 e. The number of carbonyl (C=O) groups excluding carboxylic acids is 7. The summed E-state index contributed by atoms with van der Waals surface area (Å²) in [5, 5.41) is 22.6. The summed E-state index contributed by atoms with van der Waals surface area (Å²) in [4.78, 5) is 104. The molecule has 424 valence electrons. The summed E-state index contributed by atoms with van der Waals surface area (Å²) in [6, 6.07) is 17.4. The van der Waals surface area contributed by atoms with Gasteiger partial charge in [-0.3, -0.25) is 33.7 Å². The summed E-state index contributed by atoms with van der Waals surface area (Å²) in [5.41, 5.74) is 12.7. The highest BCUT2D eigenvalue weighted by Crippen LogP contribution is 2.50. The lowest BCUT2D eigenvalue weighted by Gasteiger charge is -2.36. The van der Waals surface area contributed by atoms with Crippen molar-refractivity contribution in [2.75, 3.05) is 11.4 Å². The van der Waals surface area contributed by atoms with E-state index in [0.29, 0.717) is 37.8 Å². The quantitative estimate of drug-likeness (QED) is 0.0527. The van der Waals surface area contributed by atoms with E-state index in [1.165, 1.54) is 9.80 Å². The van der Waals surface area contributed by atoms with E-state index in [9.17, 15) is 38.7 Å². The number of hydrogen-bond donors (Lipinski definition) is 6. The topological polar surface area (TPSA) is 252 Å². The third-order valence-electron chi connectivity index (χ3n) is 15.7. The second-order valence-electron chi connectivity index (χ2n) is 24.0. The Hall–Kier alpha value is -6.70. The highest BCUT2D eigenvalue weighted by atomic mass is 32.1. The zero-order chi connectivity index (χ0) is 57.0. The minimum absolute atomic E-state index is 0.00201. The van der Waals surface area contributed by atoms with Crippen molar-refractivity contribution in [3.63, 3.8) is 0 Å². The molecule has 4 aliphatic rings. The molecule has 4 aromatic rings. The van der Waals surface area contributed by atoms with Gasteiger partial charge >= 0.3 is 6.09 Å². The molecule has 0 unspecified atom stereocenters. The number of hydrogen-bond acceptors (Lipinski definition) is 12. The van der Waals surface area contributed by atoms with Crippen molar-refractivity contribution >= 4 is 58.6 Å². The predicted octanol–water partition coefficient (Wildman–Crippen LogP) is 6.48. The molecule has 1 aromatic heterocycles. The van der Waals surface area contributed by atoms with Crippen molar-refractivity contribution in [3.05, 3.63) is 106 Å². The number of nitrogens with one attached hydrogen (secondary N) is 4. The number of carbonyl (C=O) groups is 7. The summed E-state index contributed by atoms with van der Waals surface area (Å²) in [6.07, 6.45) is 2.79. The number of aryl methyl sites for hydroxylation is 3. The van der Waals surface area contributed by atoms with E-state index in [0.717, 1.165) is 56.8 Å². The molecule has 7 atom stereocenters. The Bertz CT molecular complexity index is 2890. The Morgan fingerprint density at radius 2 is 1.58 bits per heavy atom. The second kappa shape index (κ2) is 24.3. The predicted molar refractivity (Wildman–Crippen MR) is 300 cm³/mol. The van der Waals surface area contributed by atoms with Crippen molar-refractivity contribution in [3.8, 4) is 10.4 Å². The van der Waals surface area contributed by atoms with Crippen LogP contribution in [0.2, 0.25) is 0 Å². The lowest BCUT2D eigenvalue weighted by atomic mass is 9.84. The van der Waals surface area contributed by atoms with Crippen molar-refractivity contribution in [1.82, 2.24) is 31.2 Å². The molecule has 8 rings (SSSR count). The maximum atomic E-state index is 14.4. The standard InChI is InChI=1S/C60H78N8O10S/c1-35-50(79-34-63-35)41-20-18-38(19-21-41)31-62-52(71)46-30-43(69)32-67(46)55(74)51(58(3,4)5)66-56(75)60(27-28-60)26-10-11-37-14-16-39(17-15-37)33-77-36(2)44(24-25-48(61)70)64-53(72)47-29-42-13-9-12-40-22-23-45(54(73)68(47)49(40)42)65-57(76)78-59(6,7)8/h9,12-21,34,36,43-47,51,69H,10-11,22-33H2,1-8H3,(H2,61,70)(H,62,71)(H,64,72)(H,65,76)(H,66,75)/t36-,43-,44+,45+,46+,47+,51-/m1/s1. The normalized spacial score (nSPS) is 20.5. The van der Waals surface area contributed by atoms with Crippen LogP contribution >= 0.6 is 11.3 Å². The number of nitrogens with two attached hydrogens (primary N) is 1. The summed E-state index contributed by atoms with van der Waals surface area (Å²) >= 11 is 1.57. The summed E-state index contributed by atoms with van der Waals surface area (Å²) in [6.45, 7) is 15.1. The molecule has 1 saturated carbocycles. The first-order valence-electron chi connectivity index (χ1n) is 27.7. The summed E-state index contributed by atoms with van der Waals surface area (Å²) < 4.78 is 11.8. The number of likely N-dealkylation sites (tertiary alicyclic amines) is 1. The molecule has 3 aliphatic heterocycles. The van der Waals surface area contributed by atoms with Gasteiger partial charge in [0.1, 0.15) is 29.8 Å². The van der Waals surface area contributed by atoms with Crippen molar-refractivity contribution in [2.45, 2.75) is 187 Å². The molecule has 2 fully saturated rings. The van der Waals surface area contributed by atoms with Crippen molar-refractivity contribution in [1.29, 1.82) is 0 Å². The molecule has 7 N–H and O–H groups in total. The van der Waals surface area contributed by atoms with E-state index >= 15 is 0 Å². The van der Waals surface area contributed by atoms with Crippen LogP contribution in [0, 0.1) is 17.8 Å². The molecule has 3 aromatic carbocycles. The smallest absolute Gasteiger partial charge is 0.408 e. The molecule has 0 bridgehead atoms. The maximum Gasteiger partial charge on any atom is 0.408 e. The van der Waals surface area contributed by atoms with E-state index < -0.39 is 88.6 Å². The second-order valence-corrected chi connectivity index (χ2v) is 24.9. The number of anilines is 1. The van der Waals surface area contributed by atoms with Gasteiger partial charge in [-0.25, -0.2) is 9.78 Å². The number of aromatic nitrogens is 1. The molecule has 0 radical (unpaired) electrons. The number of β-amino-alcohol motifs (C(OH)–C–C–N with tert-alkyl or cyclic N) is 1. The van der Waals surface area contributed by atoms with E-state index in [1.807, 2.05) is 107 Å². The first-order chi connectivity index (χ1) is 37.4. The number of amides is 7. The van der Waals surface area contributed by atoms with Gasteiger partial charge in [-0.15, -0.1) is 11.3 Å². The molecule has 7 amide bonds. The zero-order valence-electron chi connectivity index (χ0n) is 46.8. The summed E-state index contributed by atoms with van der Waals surface area (Å²) in [5.74, 6) is -2.26. The van der Waals surface area contributed by atoms with Crippen LogP contribution < -0.4 is 31.9 Å². The van der Waals surface area contributed by atoms with Gasteiger partial charge in [-0.05, 0) is 125 Å². The number of benzene rings is 3. The highest BCUT2D eigenvalue weighted by Gasteiger charge is 2.52. The van der Waals surface area contributed by atoms with Crippen molar-refractivity contribution in [2.24, 2.45) is 16.6 Å². The minimum Gasteiger partial charge on any atom is -0.444 e. The molecular formula is C60H78N8O10S. The Labute approximate surface area is 467 Å². The number of alkyl carbamates (subject to hydrolysis) is 1. The van der Waals surface area contributed by atoms with Crippen LogP contribution in [0.3, 0.4) is 0 Å². The van der Waals surface area contributed by atoms with E-state index in [2.05, 4.69) is 26.3 Å². The van der Waals surface area contributed by atoms with Gasteiger partial charge in [-0.1, -0.05) is 87.5 Å². The third-order valence-corrected chi connectivity index (χ3v) is 16.6. The average Bonchev–Trinajstić information content (AvgIpc) is 3.84. The first-order valence-corrected chi connectivity index (χ1v) is 28.6. The van der Waals surface area contributed by atoms with Gasteiger partial charge in [0.2, 0.25) is 35.4 Å². The number of para-hydroxylation sites is 1. The molecule has 1 saturated heterocycles. The fraction of sp³-hybridized carbons (Fsp3) is 0.533. The number of rotatable bonds is 21. The van der Waals surface area contributed by atoms with Gasteiger partial charge in [-0.2, -0.15) is 0 Å². The van der Waals surface area contributed by atoms with Crippen molar-refractivity contribution < 1.29 is 48.1 Å². The number of primary amides is 1. The average molecular weight is 1100 g/mol. The van der Waals surface area contributed by atoms with Gasteiger partial charge in [0.25, 0.3) is 0 Å². The SMILES string of the molecule is Cc1ncsc1-c1ccc(CNC(=O)[C@@H]2C[C@@H](O)CN2C(=O)[C@@H](NC(=O)C2(CCCc3ccc(CO[C@H](C)[C@H](CCC(N)=O)NC(=O)[C@@H]4Cc5cccc6c5N4C(=O)[C@@H](NC(=O)OC(C)(C)C)CC6)cc3)CC2)C(C)(C)C)cc1. The molecule has 79 heavy (non-hydrogen) atoms. The zero-order valence-corrected chi connectivity index (χ0v) is 47.6. The van der Waals surface area contributed by atoms with Crippen LogP contribution in [0.5, 0.6) is 0 Å².